The fourth-order valence-corrected chi connectivity index (χ4v) is 2.80. The van der Waals surface area contributed by atoms with Crippen LogP contribution in [0, 0.1) is 12.8 Å². The molecular formula is C12H18BrN3. The molecule has 0 bridgehead atoms. The van der Waals surface area contributed by atoms with Gasteiger partial charge < -0.3 is 10.6 Å². The van der Waals surface area contributed by atoms with E-state index >= 15 is 0 Å². The Hall–Kier alpha value is -0.610. The molecule has 0 radical (unpaired) electrons. The zero-order valence-electron chi connectivity index (χ0n) is 9.78. The maximum Gasteiger partial charge on any atom is 0.143 e. The lowest BCUT2D eigenvalue weighted by Crippen LogP contribution is -2.28. The van der Waals surface area contributed by atoms with Crippen LogP contribution in [0.25, 0.3) is 0 Å². The lowest BCUT2D eigenvalue weighted by molar-refractivity contribution is 0.579. The summed E-state index contributed by atoms with van der Waals surface area (Å²) < 4.78 is 1.11. The second kappa shape index (κ2) is 4.72. The molecule has 4 heteroatoms. The summed E-state index contributed by atoms with van der Waals surface area (Å²) in [5.74, 6) is 1.66. The average molecular weight is 284 g/mol. The number of hydrogen-bond acceptors (Lipinski definition) is 3. The number of aromatic nitrogens is 1. The molecule has 0 saturated carbocycles. The van der Waals surface area contributed by atoms with Crippen molar-refractivity contribution in [2.45, 2.75) is 26.3 Å². The van der Waals surface area contributed by atoms with Gasteiger partial charge in [0.15, 0.2) is 0 Å². The van der Waals surface area contributed by atoms with Crippen LogP contribution < -0.4 is 10.6 Å². The van der Waals surface area contributed by atoms with Crippen LogP contribution >= 0.6 is 15.9 Å². The van der Waals surface area contributed by atoms with E-state index < -0.39 is 0 Å². The number of aryl methyl sites for hydroxylation is 1. The van der Waals surface area contributed by atoms with Crippen LogP contribution in [-0.2, 0) is 0 Å². The van der Waals surface area contributed by atoms with E-state index in [0.717, 1.165) is 23.4 Å². The Balaban J connectivity index is 2.28. The largest absolute Gasteiger partial charge is 0.353 e. The quantitative estimate of drug-likeness (QED) is 0.906. The van der Waals surface area contributed by atoms with Crippen molar-refractivity contribution in [3.8, 4) is 0 Å². The minimum absolute atomic E-state index is 0.527. The summed E-state index contributed by atoms with van der Waals surface area (Å²) in [4.78, 5) is 6.83. The SMILES string of the molecule is Cc1ccnc(N2CC(CN)CC2C)c1Br. The highest BCUT2D eigenvalue weighted by Gasteiger charge is 2.30. The third-order valence-corrected chi connectivity index (χ3v) is 4.31. The van der Waals surface area contributed by atoms with Gasteiger partial charge in [-0.05, 0) is 60.3 Å². The second-order valence-electron chi connectivity index (χ2n) is 4.60. The van der Waals surface area contributed by atoms with Crippen LogP contribution in [0.1, 0.15) is 18.9 Å². The van der Waals surface area contributed by atoms with Crippen molar-refractivity contribution in [2.75, 3.05) is 18.0 Å². The van der Waals surface area contributed by atoms with Crippen molar-refractivity contribution < 1.29 is 0 Å². The fraction of sp³-hybridized carbons (Fsp3) is 0.583. The van der Waals surface area contributed by atoms with E-state index in [0.29, 0.717) is 12.0 Å². The molecule has 2 N–H and O–H groups in total. The van der Waals surface area contributed by atoms with E-state index in [9.17, 15) is 0 Å². The van der Waals surface area contributed by atoms with E-state index in [4.69, 9.17) is 5.73 Å². The van der Waals surface area contributed by atoms with Gasteiger partial charge in [0, 0.05) is 18.8 Å². The number of rotatable bonds is 2. The van der Waals surface area contributed by atoms with Crippen molar-refractivity contribution in [2.24, 2.45) is 11.7 Å². The van der Waals surface area contributed by atoms with E-state index in [1.54, 1.807) is 0 Å². The molecule has 0 aliphatic carbocycles. The molecule has 88 valence electrons. The van der Waals surface area contributed by atoms with Gasteiger partial charge >= 0.3 is 0 Å². The Bertz CT molecular complexity index is 381. The summed E-state index contributed by atoms with van der Waals surface area (Å²) in [6.45, 7) is 6.12. The fourth-order valence-electron chi connectivity index (χ4n) is 2.33. The zero-order chi connectivity index (χ0) is 11.7. The van der Waals surface area contributed by atoms with Gasteiger partial charge in [-0.3, -0.25) is 0 Å². The first kappa shape index (κ1) is 11.9. The van der Waals surface area contributed by atoms with Gasteiger partial charge in [0.1, 0.15) is 5.82 Å². The Labute approximate surface area is 105 Å². The lowest BCUT2D eigenvalue weighted by atomic mass is 10.1. The van der Waals surface area contributed by atoms with Crippen LogP contribution in [0.15, 0.2) is 16.7 Å². The van der Waals surface area contributed by atoms with Crippen LogP contribution in [0.4, 0.5) is 5.82 Å². The van der Waals surface area contributed by atoms with Crippen LogP contribution in [-0.4, -0.2) is 24.1 Å². The molecule has 2 unspecified atom stereocenters. The number of nitrogens with two attached hydrogens (primary N) is 1. The molecule has 3 nitrogen and oxygen atoms in total. The van der Waals surface area contributed by atoms with E-state index in [1.165, 1.54) is 12.0 Å². The summed E-state index contributed by atoms with van der Waals surface area (Å²) >= 11 is 3.62. The van der Waals surface area contributed by atoms with E-state index in [-0.39, 0.29) is 0 Å². The van der Waals surface area contributed by atoms with Gasteiger partial charge in [-0.15, -0.1) is 0 Å². The first-order valence-electron chi connectivity index (χ1n) is 5.71. The summed E-state index contributed by atoms with van der Waals surface area (Å²) in [7, 11) is 0. The minimum atomic E-state index is 0.527. The van der Waals surface area contributed by atoms with Crippen LogP contribution in [0.2, 0.25) is 0 Å². The van der Waals surface area contributed by atoms with Crippen molar-refractivity contribution in [1.82, 2.24) is 4.98 Å². The van der Waals surface area contributed by atoms with E-state index in [2.05, 4.69) is 39.7 Å². The van der Waals surface area contributed by atoms with Gasteiger partial charge in [0.25, 0.3) is 0 Å². The minimum Gasteiger partial charge on any atom is -0.353 e. The Kier molecular flexibility index (Phi) is 3.50. The molecule has 1 aliphatic rings. The van der Waals surface area contributed by atoms with Gasteiger partial charge in [-0.2, -0.15) is 0 Å². The Morgan fingerprint density at radius 3 is 3.00 bits per heavy atom. The molecule has 1 fully saturated rings. The molecule has 16 heavy (non-hydrogen) atoms. The summed E-state index contributed by atoms with van der Waals surface area (Å²) in [5.41, 5.74) is 6.98. The average Bonchev–Trinajstić information content (AvgIpc) is 2.64. The van der Waals surface area contributed by atoms with Gasteiger partial charge in [-0.1, -0.05) is 0 Å². The molecule has 0 aromatic carbocycles. The summed E-state index contributed by atoms with van der Waals surface area (Å²) in [5, 5.41) is 0. The molecule has 2 heterocycles. The molecule has 1 saturated heterocycles. The number of pyridine rings is 1. The molecule has 1 aromatic heterocycles. The summed E-state index contributed by atoms with van der Waals surface area (Å²) in [6.07, 6.45) is 3.04. The third-order valence-electron chi connectivity index (χ3n) is 3.33. The standard InChI is InChI=1S/C12H18BrN3/c1-8-3-4-15-12(11(8)13)16-7-10(6-14)5-9(16)2/h3-4,9-10H,5-7,14H2,1-2H3. The smallest absolute Gasteiger partial charge is 0.143 e. The van der Waals surface area contributed by atoms with Crippen LogP contribution in [0.3, 0.4) is 0 Å². The van der Waals surface area contributed by atoms with Crippen LogP contribution in [0.5, 0.6) is 0 Å². The van der Waals surface area contributed by atoms with Gasteiger partial charge in [0.2, 0.25) is 0 Å². The predicted molar refractivity (Wildman–Crippen MR) is 70.6 cm³/mol. The molecule has 1 aliphatic heterocycles. The Morgan fingerprint density at radius 1 is 1.62 bits per heavy atom. The molecule has 1 aromatic rings. The van der Waals surface area contributed by atoms with E-state index in [1.807, 2.05) is 12.3 Å². The topological polar surface area (TPSA) is 42.2 Å². The summed E-state index contributed by atoms with van der Waals surface area (Å²) in [6, 6.07) is 2.55. The monoisotopic (exact) mass is 283 g/mol. The zero-order valence-corrected chi connectivity index (χ0v) is 11.4. The van der Waals surface area contributed by atoms with Crippen molar-refractivity contribution in [3.05, 3.63) is 22.3 Å². The number of hydrogen-bond donors (Lipinski definition) is 1. The third kappa shape index (κ3) is 2.09. The van der Waals surface area contributed by atoms with Gasteiger partial charge in [-0.25, -0.2) is 4.98 Å². The highest BCUT2D eigenvalue weighted by atomic mass is 79.9. The predicted octanol–water partition coefficient (Wildman–Crippen LogP) is 2.33. The number of halogens is 1. The lowest BCUT2D eigenvalue weighted by Gasteiger charge is -2.24. The molecule has 2 rings (SSSR count). The maximum absolute atomic E-state index is 5.75. The first-order valence-corrected chi connectivity index (χ1v) is 6.50. The molecule has 0 spiro atoms. The van der Waals surface area contributed by atoms with Gasteiger partial charge in [0.05, 0.1) is 4.47 Å². The first-order chi connectivity index (χ1) is 7.63. The van der Waals surface area contributed by atoms with Crippen molar-refractivity contribution in [3.63, 3.8) is 0 Å². The molecular weight excluding hydrogens is 266 g/mol. The van der Waals surface area contributed by atoms with Crippen molar-refractivity contribution >= 4 is 21.7 Å². The Morgan fingerprint density at radius 2 is 2.38 bits per heavy atom. The van der Waals surface area contributed by atoms with Crippen molar-refractivity contribution in [1.29, 1.82) is 0 Å². The molecule has 2 atom stereocenters. The number of anilines is 1. The molecule has 0 amide bonds. The second-order valence-corrected chi connectivity index (χ2v) is 5.40. The normalized spacial score (nSPS) is 25.1. The number of nitrogens with zero attached hydrogens (tertiary/aromatic N) is 2. The highest BCUT2D eigenvalue weighted by molar-refractivity contribution is 9.10. The highest BCUT2D eigenvalue weighted by Crippen LogP contribution is 2.33. The maximum atomic E-state index is 5.75.